The van der Waals surface area contributed by atoms with Gasteiger partial charge in [-0.1, -0.05) is 6.92 Å². The maximum absolute atomic E-state index is 4.40. The molecule has 0 bridgehead atoms. The fraction of sp³-hybridized carbons (Fsp3) is 0.667. The van der Waals surface area contributed by atoms with Gasteiger partial charge >= 0.3 is 0 Å². The molecule has 2 heteroatoms. The monoisotopic (exact) mass is 169 g/mol. The van der Waals surface area contributed by atoms with Crippen molar-refractivity contribution >= 4 is 18.8 Å². The number of hydrogen-bond donors (Lipinski definition) is 1. The highest BCUT2D eigenvalue weighted by atomic mass is 32.1. The maximum atomic E-state index is 4.40. The normalized spacial score (nSPS) is 19.8. The lowest BCUT2D eigenvalue weighted by atomic mass is 10.1. The maximum Gasteiger partial charge on any atom is 0.0491 e. The van der Waals surface area contributed by atoms with Crippen molar-refractivity contribution in [2.75, 3.05) is 0 Å². The van der Waals surface area contributed by atoms with E-state index in [2.05, 4.69) is 24.5 Å². The summed E-state index contributed by atoms with van der Waals surface area (Å²) in [7, 11) is 0. The second-order valence-corrected chi connectivity index (χ2v) is 3.36. The molecule has 0 saturated carbocycles. The Bertz CT molecular complexity index is 182. The van der Waals surface area contributed by atoms with E-state index in [9.17, 15) is 0 Å². The predicted octanol–water partition coefficient (Wildman–Crippen LogP) is 3.18. The third-order valence-electron chi connectivity index (χ3n) is 1.84. The van der Waals surface area contributed by atoms with Crippen molar-refractivity contribution < 1.29 is 0 Å². The first kappa shape index (κ1) is 8.85. The summed E-state index contributed by atoms with van der Waals surface area (Å²) in [5.74, 6) is 0. The zero-order valence-corrected chi connectivity index (χ0v) is 7.90. The molecule has 0 radical (unpaired) electrons. The van der Waals surface area contributed by atoms with Crippen LogP contribution < -0.4 is 0 Å². The summed E-state index contributed by atoms with van der Waals surface area (Å²) < 4.78 is 0. The van der Waals surface area contributed by atoms with Crippen LogP contribution in [0, 0.1) is 0 Å². The van der Waals surface area contributed by atoms with Crippen LogP contribution in [0.3, 0.4) is 0 Å². The van der Waals surface area contributed by atoms with E-state index in [1.165, 1.54) is 23.4 Å². The van der Waals surface area contributed by atoms with Gasteiger partial charge in [0.2, 0.25) is 0 Å². The molecule has 0 aromatic carbocycles. The third-order valence-corrected chi connectivity index (χ3v) is 2.32. The van der Waals surface area contributed by atoms with E-state index in [1.807, 2.05) is 6.21 Å². The lowest BCUT2D eigenvalue weighted by Gasteiger charge is -2.12. The van der Waals surface area contributed by atoms with Crippen LogP contribution in [0.2, 0.25) is 0 Å². The van der Waals surface area contributed by atoms with Crippen molar-refractivity contribution in [3.63, 3.8) is 0 Å². The van der Waals surface area contributed by atoms with Crippen LogP contribution in [0.25, 0.3) is 0 Å². The summed E-state index contributed by atoms with van der Waals surface area (Å²) in [6, 6.07) is 0. The van der Waals surface area contributed by atoms with Gasteiger partial charge in [0.15, 0.2) is 0 Å². The van der Waals surface area contributed by atoms with Gasteiger partial charge in [0.25, 0.3) is 0 Å². The first-order chi connectivity index (χ1) is 5.34. The Hall–Kier alpha value is -0.240. The number of hydrogen-bond acceptors (Lipinski definition) is 2. The Labute approximate surface area is 74.0 Å². The van der Waals surface area contributed by atoms with Gasteiger partial charge in [-0.05, 0) is 32.1 Å². The van der Waals surface area contributed by atoms with Crippen LogP contribution in [-0.4, -0.2) is 6.21 Å². The summed E-state index contributed by atoms with van der Waals surface area (Å²) in [4.78, 5) is 5.56. The van der Waals surface area contributed by atoms with Crippen LogP contribution in [-0.2, 0) is 0 Å². The average Bonchev–Trinajstić information content (AvgIpc) is 2.03. The number of nitrogens with zero attached hydrogens (tertiary/aromatic N) is 1. The fourth-order valence-corrected chi connectivity index (χ4v) is 1.54. The summed E-state index contributed by atoms with van der Waals surface area (Å²) >= 11 is 4.40. The van der Waals surface area contributed by atoms with E-state index in [-0.39, 0.29) is 0 Å². The number of aliphatic imine (C=N–C) groups is 1. The first-order valence-corrected chi connectivity index (χ1v) is 4.73. The molecule has 1 aliphatic carbocycles. The Morgan fingerprint density at radius 2 is 2.18 bits per heavy atom. The minimum Gasteiger partial charge on any atom is -0.265 e. The molecule has 0 aromatic heterocycles. The SMILES string of the molecule is CCC=NC1=C(S)CCCC1. The Kier molecular flexibility index (Phi) is 3.70. The molecular formula is C9H15NS. The summed E-state index contributed by atoms with van der Waals surface area (Å²) in [5.41, 5.74) is 1.21. The van der Waals surface area contributed by atoms with Crippen molar-refractivity contribution in [1.29, 1.82) is 0 Å². The molecule has 0 heterocycles. The molecule has 0 unspecified atom stereocenters. The first-order valence-electron chi connectivity index (χ1n) is 4.28. The van der Waals surface area contributed by atoms with Gasteiger partial charge in [0, 0.05) is 16.8 Å². The summed E-state index contributed by atoms with van der Waals surface area (Å²) in [6.07, 6.45) is 7.79. The lowest BCUT2D eigenvalue weighted by Crippen LogP contribution is -1.93. The van der Waals surface area contributed by atoms with E-state index in [0.717, 1.165) is 19.3 Å². The van der Waals surface area contributed by atoms with E-state index in [1.54, 1.807) is 0 Å². The Balaban J connectivity index is 2.59. The second-order valence-electron chi connectivity index (χ2n) is 2.82. The number of thiol groups is 1. The molecule has 62 valence electrons. The minimum atomic E-state index is 1.02. The van der Waals surface area contributed by atoms with Crippen molar-refractivity contribution in [3.8, 4) is 0 Å². The summed E-state index contributed by atoms with van der Waals surface area (Å²) in [6.45, 7) is 2.10. The molecule has 1 aliphatic rings. The molecule has 0 aromatic rings. The molecule has 11 heavy (non-hydrogen) atoms. The zero-order valence-electron chi connectivity index (χ0n) is 7.01. The Morgan fingerprint density at radius 1 is 1.45 bits per heavy atom. The smallest absolute Gasteiger partial charge is 0.0491 e. The van der Waals surface area contributed by atoms with E-state index >= 15 is 0 Å². The topological polar surface area (TPSA) is 12.4 Å². The molecule has 1 nitrogen and oxygen atoms in total. The van der Waals surface area contributed by atoms with Gasteiger partial charge in [-0.2, -0.15) is 0 Å². The van der Waals surface area contributed by atoms with Gasteiger partial charge in [-0.25, -0.2) is 0 Å². The van der Waals surface area contributed by atoms with E-state index in [4.69, 9.17) is 0 Å². The third kappa shape index (κ3) is 2.70. The molecule has 0 aliphatic heterocycles. The molecule has 0 N–H and O–H groups in total. The van der Waals surface area contributed by atoms with E-state index < -0.39 is 0 Å². The molecule has 0 amide bonds. The summed E-state index contributed by atoms with van der Waals surface area (Å²) in [5, 5.41) is 0. The highest BCUT2D eigenvalue weighted by Crippen LogP contribution is 2.27. The van der Waals surface area contributed by atoms with E-state index in [0.29, 0.717) is 0 Å². The van der Waals surface area contributed by atoms with Gasteiger partial charge in [-0.3, -0.25) is 4.99 Å². The van der Waals surface area contributed by atoms with Crippen LogP contribution in [0.4, 0.5) is 0 Å². The van der Waals surface area contributed by atoms with Crippen molar-refractivity contribution in [1.82, 2.24) is 0 Å². The van der Waals surface area contributed by atoms with Gasteiger partial charge in [0.1, 0.15) is 0 Å². The van der Waals surface area contributed by atoms with Crippen LogP contribution in [0.1, 0.15) is 39.0 Å². The number of rotatable bonds is 2. The van der Waals surface area contributed by atoms with Gasteiger partial charge in [-0.15, -0.1) is 12.6 Å². The minimum absolute atomic E-state index is 1.02. The molecule has 0 fully saturated rings. The van der Waals surface area contributed by atoms with Gasteiger partial charge < -0.3 is 0 Å². The Morgan fingerprint density at radius 3 is 2.82 bits per heavy atom. The second kappa shape index (κ2) is 4.60. The average molecular weight is 169 g/mol. The van der Waals surface area contributed by atoms with Crippen LogP contribution in [0.15, 0.2) is 15.6 Å². The van der Waals surface area contributed by atoms with Gasteiger partial charge in [0.05, 0.1) is 0 Å². The molecule has 0 saturated heterocycles. The highest BCUT2D eigenvalue weighted by Gasteiger charge is 2.07. The largest absolute Gasteiger partial charge is 0.265 e. The van der Waals surface area contributed by atoms with Crippen LogP contribution >= 0.6 is 12.6 Å². The molecule has 1 rings (SSSR count). The molecular weight excluding hydrogens is 154 g/mol. The lowest BCUT2D eigenvalue weighted by molar-refractivity contribution is 0.690. The standard InChI is InChI=1S/C9H15NS/c1-2-7-10-8-5-3-4-6-9(8)11/h7,11H,2-6H2,1H3. The van der Waals surface area contributed by atoms with Crippen molar-refractivity contribution in [2.24, 2.45) is 4.99 Å². The quantitative estimate of drug-likeness (QED) is 0.481. The van der Waals surface area contributed by atoms with Crippen molar-refractivity contribution in [2.45, 2.75) is 39.0 Å². The fourth-order valence-electron chi connectivity index (χ4n) is 1.21. The molecule has 0 spiro atoms. The van der Waals surface area contributed by atoms with Crippen LogP contribution in [0.5, 0.6) is 0 Å². The number of allylic oxidation sites excluding steroid dienone is 2. The molecule has 0 atom stereocenters. The van der Waals surface area contributed by atoms with Crippen molar-refractivity contribution in [3.05, 3.63) is 10.6 Å². The highest BCUT2D eigenvalue weighted by molar-refractivity contribution is 7.84. The predicted molar refractivity (Wildman–Crippen MR) is 53.3 cm³/mol. The zero-order chi connectivity index (χ0) is 8.10.